The van der Waals surface area contributed by atoms with Crippen molar-refractivity contribution in [3.63, 3.8) is 0 Å². The smallest absolute Gasteiger partial charge is 0.310 e. The molecule has 0 saturated carbocycles. The van der Waals surface area contributed by atoms with Gasteiger partial charge in [0.2, 0.25) is 0 Å². The molecule has 1 aromatic carbocycles. The normalized spacial score (nSPS) is 13.1. The van der Waals surface area contributed by atoms with Gasteiger partial charge < -0.3 is 4.74 Å². The van der Waals surface area contributed by atoms with E-state index in [1.54, 1.807) is 0 Å². The van der Waals surface area contributed by atoms with Crippen molar-refractivity contribution < 1.29 is 18.1 Å². The molecule has 0 aliphatic rings. The Morgan fingerprint density at radius 1 is 1.50 bits per heavy atom. The van der Waals surface area contributed by atoms with E-state index in [1.807, 2.05) is 0 Å². The van der Waals surface area contributed by atoms with Crippen LogP contribution in [0.4, 0.5) is 5.69 Å². The summed E-state index contributed by atoms with van der Waals surface area (Å²) in [6, 6.07) is 3.42. The monoisotopic (exact) mass is 293 g/mol. The molecule has 1 rings (SSSR count). The van der Waals surface area contributed by atoms with E-state index in [9.17, 15) is 18.5 Å². The number of rotatable bonds is 5. The SMILES string of the molecule is COc1cc(S(=O)(=O)C(C)CCl)ccc1[N+](=O)[O-]. The second-order valence-electron chi connectivity index (χ2n) is 3.60. The van der Waals surface area contributed by atoms with Crippen molar-refractivity contribution in [2.45, 2.75) is 17.1 Å². The quantitative estimate of drug-likeness (QED) is 0.471. The summed E-state index contributed by atoms with van der Waals surface area (Å²) in [4.78, 5) is 10.0. The fourth-order valence-corrected chi connectivity index (χ4v) is 2.96. The third-order valence-corrected chi connectivity index (χ3v) is 5.21. The molecule has 1 atom stereocenters. The largest absolute Gasteiger partial charge is 0.490 e. The van der Waals surface area contributed by atoms with E-state index >= 15 is 0 Å². The molecule has 0 heterocycles. The number of nitro benzene ring substituents is 1. The predicted molar refractivity (Wildman–Crippen MR) is 67.0 cm³/mol. The van der Waals surface area contributed by atoms with Crippen LogP contribution in [0.2, 0.25) is 0 Å². The molecule has 1 aromatic rings. The highest BCUT2D eigenvalue weighted by Crippen LogP contribution is 2.30. The van der Waals surface area contributed by atoms with E-state index in [-0.39, 0.29) is 22.2 Å². The highest BCUT2D eigenvalue weighted by molar-refractivity contribution is 7.92. The Kier molecular flexibility index (Phi) is 4.53. The van der Waals surface area contributed by atoms with Gasteiger partial charge in [0.15, 0.2) is 15.6 Å². The van der Waals surface area contributed by atoms with Crippen LogP contribution in [0.25, 0.3) is 0 Å². The minimum absolute atomic E-state index is 0.0434. The number of nitrogens with zero attached hydrogens (tertiary/aromatic N) is 1. The molecule has 0 aliphatic heterocycles. The summed E-state index contributed by atoms with van der Waals surface area (Å²) in [5, 5.41) is 9.91. The van der Waals surface area contributed by atoms with Gasteiger partial charge in [0.1, 0.15) is 0 Å². The van der Waals surface area contributed by atoms with E-state index in [0.29, 0.717) is 0 Å². The molecule has 0 N–H and O–H groups in total. The molecule has 0 aromatic heterocycles. The van der Waals surface area contributed by atoms with Gasteiger partial charge in [-0.1, -0.05) is 0 Å². The summed E-state index contributed by atoms with van der Waals surface area (Å²) < 4.78 is 28.8. The number of alkyl halides is 1. The molecule has 6 nitrogen and oxygen atoms in total. The van der Waals surface area contributed by atoms with Crippen LogP contribution in [-0.4, -0.2) is 31.6 Å². The van der Waals surface area contributed by atoms with Crippen molar-refractivity contribution in [3.05, 3.63) is 28.3 Å². The zero-order valence-electron chi connectivity index (χ0n) is 9.79. The zero-order chi connectivity index (χ0) is 13.9. The Morgan fingerprint density at radius 3 is 2.56 bits per heavy atom. The van der Waals surface area contributed by atoms with Gasteiger partial charge in [0, 0.05) is 18.0 Å². The van der Waals surface area contributed by atoms with Gasteiger partial charge in [-0.2, -0.15) is 0 Å². The van der Waals surface area contributed by atoms with Crippen molar-refractivity contribution in [3.8, 4) is 5.75 Å². The Labute approximate surface area is 110 Å². The Balaban J connectivity index is 3.34. The Morgan fingerprint density at radius 2 is 2.11 bits per heavy atom. The molecule has 18 heavy (non-hydrogen) atoms. The van der Waals surface area contributed by atoms with Gasteiger partial charge in [-0.05, 0) is 13.0 Å². The second-order valence-corrected chi connectivity index (χ2v) is 6.28. The molecule has 0 fully saturated rings. The second kappa shape index (κ2) is 5.53. The average Bonchev–Trinajstić information content (AvgIpc) is 2.36. The number of hydrogen-bond acceptors (Lipinski definition) is 5. The molecule has 0 amide bonds. The first-order chi connectivity index (χ1) is 8.34. The highest BCUT2D eigenvalue weighted by atomic mass is 35.5. The fourth-order valence-electron chi connectivity index (χ4n) is 1.30. The van der Waals surface area contributed by atoms with Crippen molar-refractivity contribution in [1.29, 1.82) is 0 Å². The minimum atomic E-state index is -3.60. The van der Waals surface area contributed by atoms with Crippen LogP contribution in [-0.2, 0) is 9.84 Å². The summed E-state index contributed by atoms with van der Waals surface area (Å²) >= 11 is 5.52. The van der Waals surface area contributed by atoms with Crippen LogP contribution in [0, 0.1) is 10.1 Å². The lowest BCUT2D eigenvalue weighted by Crippen LogP contribution is -2.19. The van der Waals surface area contributed by atoms with Crippen molar-refractivity contribution in [1.82, 2.24) is 0 Å². The van der Waals surface area contributed by atoms with Gasteiger partial charge in [0.05, 0.1) is 22.2 Å². The summed E-state index contributed by atoms with van der Waals surface area (Å²) in [6.45, 7) is 1.47. The first-order valence-corrected chi connectivity index (χ1v) is 7.05. The van der Waals surface area contributed by atoms with Gasteiger partial charge in [-0.15, -0.1) is 11.6 Å². The molecule has 0 saturated heterocycles. The van der Waals surface area contributed by atoms with E-state index in [2.05, 4.69) is 0 Å². The lowest BCUT2D eigenvalue weighted by molar-refractivity contribution is -0.385. The van der Waals surface area contributed by atoms with Crippen LogP contribution < -0.4 is 4.74 Å². The summed E-state index contributed by atoms with van der Waals surface area (Å²) in [7, 11) is -2.36. The molecule has 100 valence electrons. The molecule has 0 spiro atoms. The summed E-state index contributed by atoms with van der Waals surface area (Å²) in [5.41, 5.74) is -0.282. The van der Waals surface area contributed by atoms with Crippen LogP contribution >= 0.6 is 11.6 Å². The van der Waals surface area contributed by atoms with Crippen LogP contribution in [0.1, 0.15) is 6.92 Å². The maximum Gasteiger partial charge on any atom is 0.310 e. The highest BCUT2D eigenvalue weighted by Gasteiger charge is 2.25. The van der Waals surface area contributed by atoms with Crippen LogP contribution in [0.5, 0.6) is 5.75 Å². The fraction of sp³-hybridized carbons (Fsp3) is 0.400. The van der Waals surface area contributed by atoms with E-state index in [0.717, 1.165) is 12.1 Å². The Bertz CT molecular complexity index is 557. The lowest BCUT2D eigenvalue weighted by atomic mass is 10.3. The van der Waals surface area contributed by atoms with E-state index in [4.69, 9.17) is 16.3 Å². The topological polar surface area (TPSA) is 86.5 Å². The molecule has 0 aliphatic carbocycles. The van der Waals surface area contributed by atoms with E-state index < -0.39 is 20.0 Å². The van der Waals surface area contributed by atoms with Crippen molar-refractivity contribution in [2.75, 3.05) is 13.0 Å². The summed E-state index contributed by atoms with van der Waals surface area (Å²) in [5.74, 6) is -0.149. The molecule has 8 heteroatoms. The molecule has 0 radical (unpaired) electrons. The van der Waals surface area contributed by atoms with Crippen molar-refractivity contribution >= 4 is 27.1 Å². The molecule has 1 unspecified atom stereocenters. The molecular weight excluding hydrogens is 282 g/mol. The average molecular weight is 294 g/mol. The standard InChI is InChI=1S/C10H12ClNO5S/c1-7(6-11)18(15,16)8-3-4-9(12(13)14)10(5-8)17-2/h3-5,7H,6H2,1-2H3. The first kappa shape index (κ1) is 14.7. The first-order valence-electron chi connectivity index (χ1n) is 4.97. The van der Waals surface area contributed by atoms with Gasteiger partial charge >= 0.3 is 5.69 Å². The summed E-state index contributed by atoms with van der Waals surface area (Å²) in [6.07, 6.45) is 0. The lowest BCUT2D eigenvalue weighted by Gasteiger charge is -2.10. The number of methoxy groups -OCH3 is 1. The molecule has 0 bridgehead atoms. The third-order valence-electron chi connectivity index (χ3n) is 2.42. The number of halogens is 1. The minimum Gasteiger partial charge on any atom is -0.490 e. The zero-order valence-corrected chi connectivity index (χ0v) is 11.4. The van der Waals surface area contributed by atoms with Crippen molar-refractivity contribution in [2.24, 2.45) is 0 Å². The third kappa shape index (κ3) is 2.73. The van der Waals surface area contributed by atoms with Gasteiger partial charge in [-0.25, -0.2) is 8.42 Å². The number of sulfone groups is 1. The number of benzene rings is 1. The van der Waals surface area contributed by atoms with Gasteiger partial charge in [0.25, 0.3) is 0 Å². The van der Waals surface area contributed by atoms with E-state index in [1.165, 1.54) is 20.1 Å². The van der Waals surface area contributed by atoms with Crippen LogP contribution in [0.3, 0.4) is 0 Å². The van der Waals surface area contributed by atoms with Gasteiger partial charge in [-0.3, -0.25) is 10.1 Å². The number of hydrogen-bond donors (Lipinski definition) is 0. The van der Waals surface area contributed by atoms with Crippen LogP contribution in [0.15, 0.2) is 23.1 Å². The maximum atomic E-state index is 12.0. The molecular formula is C10H12ClNO5S. The Hall–Kier alpha value is -1.34. The number of nitro groups is 1. The maximum absolute atomic E-state index is 12.0. The number of ether oxygens (including phenoxy) is 1. The predicted octanol–water partition coefficient (Wildman–Crippen LogP) is 2.00.